The van der Waals surface area contributed by atoms with Gasteiger partial charge >= 0.3 is 12.1 Å². The summed E-state index contributed by atoms with van der Waals surface area (Å²) >= 11 is 0. The number of nitrogens with zero attached hydrogens (tertiary/aromatic N) is 12. The first kappa shape index (κ1) is 63.9. The molecule has 22 heteroatoms. The van der Waals surface area contributed by atoms with Crippen LogP contribution in [-0.2, 0) is 36.5 Å². The predicted molar refractivity (Wildman–Crippen MR) is 322 cm³/mol. The van der Waals surface area contributed by atoms with Crippen LogP contribution in [0.5, 0.6) is 0 Å². The standard InChI is InChI=1S/2C31H43FN8O2/c2*1-5-17-40(18-7-8-23-11-14-26(32)15-12-23)21-25-13-16-28(38(3)22(2)41)20-29(25)34-31(42)33-27-10-6-9-24(19-27)30-35-36-37-39(30)4/h2*6,9-12,14-15,19,25,28-29H,5,7-8,13,16-18,20-21H2,1-4H3,(H2,33,34,42)/t25-,28+,29+;25-,28-,29+/m00/s1. The number of anilines is 2. The number of hydrogen-bond acceptors (Lipinski definition) is 12. The highest BCUT2D eigenvalue weighted by molar-refractivity contribution is 5.91. The van der Waals surface area contributed by atoms with E-state index in [1.807, 2.05) is 86.9 Å². The average Bonchev–Trinajstić information content (AvgIpc) is 4.22. The Morgan fingerprint density at radius 2 is 0.952 bits per heavy atom. The van der Waals surface area contributed by atoms with Crippen molar-refractivity contribution >= 4 is 35.3 Å². The Morgan fingerprint density at radius 3 is 1.30 bits per heavy atom. The van der Waals surface area contributed by atoms with Crippen molar-refractivity contribution in [1.29, 1.82) is 0 Å². The lowest BCUT2D eigenvalue weighted by atomic mass is 9.80. The molecule has 0 spiro atoms. The zero-order chi connectivity index (χ0) is 60.1. The van der Waals surface area contributed by atoms with Crippen LogP contribution in [0, 0.1) is 23.5 Å². The maximum absolute atomic E-state index is 13.3. The van der Waals surface area contributed by atoms with Crippen molar-refractivity contribution < 1.29 is 28.0 Å². The third-order valence-corrected chi connectivity index (χ3v) is 16.4. The molecule has 452 valence electrons. The van der Waals surface area contributed by atoms with Gasteiger partial charge in [0.1, 0.15) is 11.6 Å². The first-order chi connectivity index (χ1) is 40.5. The number of benzene rings is 4. The molecule has 0 bridgehead atoms. The quantitative estimate of drug-likeness (QED) is 0.0447. The van der Waals surface area contributed by atoms with Gasteiger partial charge in [-0.1, -0.05) is 62.4 Å². The van der Waals surface area contributed by atoms with Gasteiger partial charge in [-0.05, 0) is 196 Å². The van der Waals surface area contributed by atoms with Crippen molar-refractivity contribution in [2.75, 3.05) is 64.0 Å². The molecule has 4 aromatic carbocycles. The van der Waals surface area contributed by atoms with E-state index in [1.165, 1.54) is 24.3 Å². The maximum atomic E-state index is 13.3. The highest BCUT2D eigenvalue weighted by atomic mass is 19.1. The van der Waals surface area contributed by atoms with Gasteiger partial charge in [-0.2, -0.15) is 0 Å². The maximum Gasteiger partial charge on any atom is 0.319 e. The first-order valence-corrected chi connectivity index (χ1v) is 29.7. The number of carbonyl (C=O) groups is 4. The molecule has 0 aliphatic heterocycles. The fourth-order valence-corrected chi connectivity index (χ4v) is 11.7. The van der Waals surface area contributed by atoms with Crippen LogP contribution >= 0.6 is 0 Å². The summed E-state index contributed by atoms with van der Waals surface area (Å²) in [5, 5.41) is 35.7. The van der Waals surface area contributed by atoms with Crippen molar-refractivity contribution in [1.82, 2.24) is 70.6 Å². The third-order valence-electron chi connectivity index (χ3n) is 16.4. The molecule has 2 aromatic heterocycles. The minimum atomic E-state index is -0.275. The minimum absolute atomic E-state index is 0.0325. The van der Waals surface area contributed by atoms with E-state index in [4.69, 9.17) is 0 Å². The molecule has 2 saturated carbocycles. The van der Waals surface area contributed by atoms with E-state index in [0.717, 1.165) is 126 Å². The van der Waals surface area contributed by atoms with Crippen LogP contribution in [0.25, 0.3) is 22.8 Å². The first-order valence-electron chi connectivity index (χ1n) is 29.7. The molecule has 2 fully saturated rings. The molecule has 4 N–H and O–H groups in total. The Labute approximate surface area is 493 Å². The zero-order valence-corrected chi connectivity index (χ0v) is 50.2. The SMILES string of the molecule is CCCN(CCCc1ccc(F)cc1)C[C@@H]1CC[C@@H](N(C)C(C)=O)C[C@H]1NC(=O)Nc1cccc(-c2nnnn2C)c1.CCCN(CCCc1ccc(F)cc1)C[C@@H]1CC[C@H](N(C)C(C)=O)C[C@H]1NC(=O)Nc1cccc(-c2nnnn2C)c1. The van der Waals surface area contributed by atoms with Crippen LogP contribution in [0.3, 0.4) is 0 Å². The molecular formula is C62H86F2N16O4. The van der Waals surface area contributed by atoms with Crippen molar-refractivity contribution in [2.24, 2.45) is 25.9 Å². The van der Waals surface area contributed by atoms with Crippen molar-refractivity contribution in [3.63, 3.8) is 0 Å². The Morgan fingerprint density at radius 1 is 0.560 bits per heavy atom. The van der Waals surface area contributed by atoms with E-state index < -0.39 is 0 Å². The topological polar surface area (TPSA) is 217 Å². The smallest absolute Gasteiger partial charge is 0.319 e. The summed E-state index contributed by atoms with van der Waals surface area (Å²) in [4.78, 5) is 59.4. The Kier molecular flexibility index (Phi) is 24.2. The summed E-state index contributed by atoms with van der Waals surface area (Å²) in [6.45, 7) is 13.1. The van der Waals surface area contributed by atoms with Gasteiger partial charge in [0.2, 0.25) is 11.8 Å². The van der Waals surface area contributed by atoms with Gasteiger partial charge in [0, 0.05) is 102 Å². The molecule has 2 aliphatic carbocycles. The van der Waals surface area contributed by atoms with Crippen LogP contribution in [0.15, 0.2) is 97.1 Å². The highest BCUT2D eigenvalue weighted by Crippen LogP contribution is 2.31. The molecule has 0 radical (unpaired) electrons. The van der Waals surface area contributed by atoms with Crippen LogP contribution in [0.1, 0.15) is 103 Å². The second-order valence-electron chi connectivity index (χ2n) is 22.6. The summed E-state index contributed by atoms with van der Waals surface area (Å²) in [5.41, 5.74) is 5.16. The number of aromatic nitrogens is 8. The van der Waals surface area contributed by atoms with E-state index in [9.17, 15) is 28.0 Å². The Balaban J connectivity index is 0.000000241. The van der Waals surface area contributed by atoms with Crippen molar-refractivity contribution in [2.45, 2.75) is 129 Å². The summed E-state index contributed by atoms with van der Waals surface area (Å²) in [5.74, 6) is 1.36. The highest BCUT2D eigenvalue weighted by Gasteiger charge is 2.37. The predicted octanol–water partition coefficient (Wildman–Crippen LogP) is 9.00. The van der Waals surface area contributed by atoms with Crippen LogP contribution < -0.4 is 21.3 Å². The summed E-state index contributed by atoms with van der Waals surface area (Å²) < 4.78 is 29.7. The van der Waals surface area contributed by atoms with Gasteiger partial charge in [-0.15, -0.1) is 10.2 Å². The van der Waals surface area contributed by atoms with Gasteiger partial charge in [-0.3, -0.25) is 9.59 Å². The van der Waals surface area contributed by atoms with E-state index in [0.29, 0.717) is 35.9 Å². The molecule has 20 nitrogen and oxygen atoms in total. The summed E-state index contributed by atoms with van der Waals surface area (Å²) in [7, 11) is 7.22. The lowest BCUT2D eigenvalue weighted by Crippen LogP contribution is -2.53. The van der Waals surface area contributed by atoms with Crippen molar-refractivity contribution in [3.8, 4) is 22.8 Å². The molecular weight excluding hydrogens is 1070 g/mol. The second kappa shape index (κ2) is 31.8. The van der Waals surface area contributed by atoms with E-state index >= 15 is 0 Å². The molecule has 2 aliphatic rings. The molecule has 8 rings (SSSR count). The number of urea groups is 2. The molecule has 0 saturated heterocycles. The molecule has 84 heavy (non-hydrogen) atoms. The number of rotatable bonds is 24. The fourth-order valence-electron chi connectivity index (χ4n) is 11.7. The molecule has 6 amide bonds. The van der Waals surface area contributed by atoms with E-state index in [1.54, 1.807) is 47.1 Å². The van der Waals surface area contributed by atoms with Crippen LogP contribution in [-0.4, -0.2) is 161 Å². The Bertz CT molecular complexity index is 2830. The number of tetrazole rings is 2. The monoisotopic (exact) mass is 1160 g/mol. The van der Waals surface area contributed by atoms with Gasteiger partial charge in [0.25, 0.3) is 0 Å². The normalized spacial score (nSPS) is 18.6. The largest absolute Gasteiger partial charge is 0.343 e. The molecule has 2 heterocycles. The van der Waals surface area contributed by atoms with Gasteiger partial charge in [0.05, 0.1) is 0 Å². The number of amides is 6. The fraction of sp³-hybridized carbons (Fsp3) is 0.516. The van der Waals surface area contributed by atoms with Crippen LogP contribution in [0.2, 0.25) is 0 Å². The van der Waals surface area contributed by atoms with E-state index in [2.05, 4.69) is 76.0 Å². The van der Waals surface area contributed by atoms with Crippen LogP contribution in [0.4, 0.5) is 29.7 Å². The van der Waals surface area contributed by atoms with Gasteiger partial charge < -0.3 is 40.9 Å². The van der Waals surface area contributed by atoms with Crippen molar-refractivity contribution in [3.05, 3.63) is 120 Å². The van der Waals surface area contributed by atoms with Gasteiger partial charge in [0.15, 0.2) is 11.6 Å². The number of halogens is 2. The number of aryl methyl sites for hydroxylation is 4. The van der Waals surface area contributed by atoms with E-state index in [-0.39, 0.29) is 71.5 Å². The summed E-state index contributed by atoms with van der Waals surface area (Å²) in [6, 6.07) is 27.8. The number of hydrogen-bond donors (Lipinski definition) is 4. The Hall–Kier alpha value is -7.72. The molecule has 6 aromatic rings. The number of carbonyl (C=O) groups excluding carboxylic acids is 4. The molecule has 0 unspecified atom stereocenters. The minimum Gasteiger partial charge on any atom is -0.343 e. The lowest BCUT2D eigenvalue weighted by Gasteiger charge is -2.41. The number of nitrogens with one attached hydrogen (secondary N) is 4. The lowest BCUT2D eigenvalue weighted by molar-refractivity contribution is -0.131. The summed E-state index contributed by atoms with van der Waals surface area (Å²) in [6.07, 6.45) is 10.9. The average molecular weight is 1160 g/mol. The molecule has 6 atom stereocenters. The zero-order valence-electron chi connectivity index (χ0n) is 50.2. The second-order valence-corrected chi connectivity index (χ2v) is 22.6. The third kappa shape index (κ3) is 19.2. The van der Waals surface area contributed by atoms with Gasteiger partial charge in [-0.25, -0.2) is 27.7 Å².